The van der Waals surface area contributed by atoms with E-state index in [1.165, 1.54) is 32.1 Å². The van der Waals surface area contributed by atoms with Gasteiger partial charge < -0.3 is 15.6 Å². The third-order valence-electron chi connectivity index (χ3n) is 3.58. The van der Waals surface area contributed by atoms with Crippen molar-refractivity contribution < 1.29 is 0 Å². The van der Waals surface area contributed by atoms with Gasteiger partial charge in [0.25, 0.3) is 0 Å². The van der Waals surface area contributed by atoms with Gasteiger partial charge in [0.05, 0.1) is 11.6 Å². The Morgan fingerprint density at radius 1 is 1.42 bits per heavy atom. The highest BCUT2D eigenvalue weighted by Crippen LogP contribution is 2.25. The molecule has 6 heteroatoms. The second-order valence-corrected chi connectivity index (χ2v) is 5.78. The van der Waals surface area contributed by atoms with Gasteiger partial charge in [-0.05, 0) is 18.9 Å². The summed E-state index contributed by atoms with van der Waals surface area (Å²) in [5, 5.41) is 4.36. The Bertz CT molecular complexity index is 461. The minimum atomic E-state index is 0.470. The van der Waals surface area contributed by atoms with E-state index in [1.807, 2.05) is 17.7 Å². The number of guanidine groups is 1. The molecule has 0 radical (unpaired) electrons. The molecule has 0 bridgehead atoms. The molecule has 4 nitrogen and oxygen atoms in total. The molecule has 1 aliphatic carbocycles. The number of nitrogens with zero attached hydrogens (tertiary/aromatic N) is 2. The molecular formula is C13H20Cl2N4. The normalized spacial score (nSPS) is 17.7. The van der Waals surface area contributed by atoms with Crippen molar-refractivity contribution in [3.8, 4) is 0 Å². The van der Waals surface area contributed by atoms with Crippen molar-refractivity contribution in [2.24, 2.45) is 17.8 Å². The largest absolute Gasteiger partial charge is 0.370 e. The third kappa shape index (κ3) is 3.80. The van der Waals surface area contributed by atoms with E-state index in [-0.39, 0.29) is 0 Å². The molecule has 0 aromatic carbocycles. The average Bonchev–Trinajstić information content (AvgIpc) is 2.65. The fraction of sp³-hybridized carbons (Fsp3) is 0.615. The maximum absolute atomic E-state index is 6.00. The fourth-order valence-electron chi connectivity index (χ4n) is 2.41. The van der Waals surface area contributed by atoms with Gasteiger partial charge in [0.15, 0.2) is 5.96 Å². The molecule has 0 amide bonds. The highest BCUT2D eigenvalue weighted by molar-refractivity contribution is 6.41. The van der Waals surface area contributed by atoms with E-state index in [4.69, 9.17) is 28.9 Å². The third-order valence-corrected chi connectivity index (χ3v) is 4.43. The van der Waals surface area contributed by atoms with E-state index in [0.717, 1.165) is 5.69 Å². The predicted octanol–water partition coefficient (Wildman–Crippen LogP) is 3.07. The van der Waals surface area contributed by atoms with Crippen LogP contribution < -0.4 is 11.1 Å². The van der Waals surface area contributed by atoms with E-state index in [1.54, 1.807) is 0 Å². The molecule has 2 rings (SSSR count). The van der Waals surface area contributed by atoms with E-state index in [9.17, 15) is 0 Å². The lowest BCUT2D eigenvalue weighted by atomic mass is 9.96. The van der Waals surface area contributed by atoms with Crippen LogP contribution in [0.3, 0.4) is 0 Å². The average molecular weight is 303 g/mol. The van der Waals surface area contributed by atoms with Crippen LogP contribution in [0.4, 0.5) is 0 Å². The van der Waals surface area contributed by atoms with Crippen LogP contribution in [-0.2, 0) is 13.6 Å². The summed E-state index contributed by atoms with van der Waals surface area (Å²) in [6.07, 6.45) is 6.23. The molecule has 0 saturated heterocycles. The van der Waals surface area contributed by atoms with Gasteiger partial charge in [-0.15, -0.1) is 0 Å². The number of halogens is 2. The summed E-state index contributed by atoms with van der Waals surface area (Å²) in [6, 6.07) is 2.29. The molecule has 19 heavy (non-hydrogen) atoms. The van der Waals surface area contributed by atoms with Crippen molar-refractivity contribution in [2.75, 3.05) is 0 Å². The van der Waals surface area contributed by atoms with Gasteiger partial charge in [-0.25, -0.2) is 4.99 Å². The zero-order valence-corrected chi connectivity index (χ0v) is 12.6. The van der Waals surface area contributed by atoms with E-state index in [0.29, 0.717) is 28.7 Å². The van der Waals surface area contributed by atoms with Crippen molar-refractivity contribution in [2.45, 2.75) is 44.7 Å². The molecule has 106 valence electrons. The Hall–Kier alpha value is -0.870. The zero-order valence-electron chi connectivity index (χ0n) is 11.1. The Morgan fingerprint density at radius 3 is 2.68 bits per heavy atom. The zero-order chi connectivity index (χ0) is 13.8. The molecule has 1 fully saturated rings. The van der Waals surface area contributed by atoms with Crippen LogP contribution in [0.5, 0.6) is 0 Å². The van der Waals surface area contributed by atoms with Crippen LogP contribution in [0, 0.1) is 0 Å². The van der Waals surface area contributed by atoms with Gasteiger partial charge in [0.1, 0.15) is 5.15 Å². The molecule has 1 aromatic rings. The summed E-state index contributed by atoms with van der Waals surface area (Å²) in [7, 11) is 1.86. The van der Waals surface area contributed by atoms with Crippen LogP contribution in [0.25, 0.3) is 0 Å². The highest BCUT2D eigenvalue weighted by Gasteiger charge is 2.13. The molecule has 0 unspecified atom stereocenters. The van der Waals surface area contributed by atoms with Crippen molar-refractivity contribution >= 4 is 29.2 Å². The number of rotatable bonds is 3. The van der Waals surface area contributed by atoms with E-state index >= 15 is 0 Å². The van der Waals surface area contributed by atoms with Crippen LogP contribution >= 0.6 is 23.2 Å². The summed E-state index contributed by atoms with van der Waals surface area (Å²) < 4.78 is 1.82. The highest BCUT2D eigenvalue weighted by atomic mass is 35.5. The molecule has 0 atom stereocenters. The smallest absolute Gasteiger partial charge is 0.189 e. The Balaban J connectivity index is 1.91. The van der Waals surface area contributed by atoms with Crippen LogP contribution in [-0.4, -0.2) is 16.6 Å². The lowest BCUT2D eigenvalue weighted by molar-refractivity contribution is 0.412. The first-order chi connectivity index (χ1) is 9.08. The van der Waals surface area contributed by atoms with Gasteiger partial charge in [-0.1, -0.05) is 42.5 Å². The minimum Gasteiger partial charge on any atom is -0.370 e. The van der Waals surface area contributed by atoms with Gasteiger partial charge in [0.2, 0.25) is 0 Å². The molecule has 0 aliphatic heterocycles. The first kappa shape index (κ1) is 14.5. The minimum absolute atomic E-state index is 0.470. The van der Waals surface area contributed by atoms with E-state index < -0.39 is 0 Å². The monoisotopic (exact) mass is 302 g/mol. The molecule has 1 heterocycles. The lowest BCUT2D eigenvalue weighted by Gasteiger charge is -2.23. The van der Waals surface area contributed by atoms with Crippen LogP contribution in [0.2, 0.25) is 10.2 Å². The molecular weight excluding hydrogens is 283 g/mol. The van der Waals surface area contributed by atoms with Gasteiger partial charge in [-0.3, -0.25) is 0 Å². The number of nitrogens with one attached hydrogen (secondary N) is 1. The number of hydrogen-bond acceptors (Lipinski definition) is 1. The summed E-state index contributed by atoms with van der Waals surface area (Å²) in [5.74, 6) is 0.500. The second-order valence-electron chi connectivity index (χ2n) is 5.01. The Morgan fingerprint density at radius 2 is 2.11 bits per heavy atom. The fourth-order valence-corrected chi connectivity index (χ4v) is 2.82. The molecule has 1 aliphatic rings. The number of aromatic nitrogens is 1. The number of hydrogen-bond donors (Lipinski definition) is 2. The van der Waals surface area contributed by atoms with Gasteiger partial charge >= 0.3 is 0 Å². The molecule has 3 N–H and O–H groups in total. The van der Waals surface area contributed by atoms with Crippen LogP contribution in [0.1, 0.15) is 37.8 Å². The van der Waals surface area contributed by atoms with Gasteiger partial charge in [-0.2, -0.15) is 0 Å². The Labute approximate surface area is 124 Å². The summed E-state index contributed by atoms with van der Waals surface area (Å²) in [4.78, 5) is 4.35. The van der Waals surface area contributed by atoms with E-state index in [2.05, 4.69) is 10.3 Å². The molecule has 0 spiro atoms. The van der Waals surface area contributed by atoms with Crippen LogP contribution in [0.15, 0.2) is 11.1 Å². The first-order valence-corrected chi connectivity index (χ1v) is 7.39. The van der Waals surface area contributed by atoms with Crippen molar-refractivity contribution in [3.05, 3.63) is 21.9 Å². The SMILES string of the molecule is Cn1c(CN=C(N)NC2CCCCC2)cc(Cl)c1Cl. The lowest BCUT2D eigenvalue weighted by Crippen LogP contribution is -2.41. The van der Waals surface area contributed by atoms with Gasteiger partial charge in [0, 0.05) is 18.8 Å². The second kappa shape index (κ2) is 6.53. The maximum Gasteiger partial charge on any atom is 0.189 e. The number of nitrogens with two attached hydrogens (primary N) is 1. The standard InChI is InChI=1S/C13H20Cl2N4/c1-19-10(7-11(14)12(19)15)8-17-13(16)18-9-5-3-2-4-6-9/h7,9H,2-6,8H2,1H3,(H3,16,17,18). The summed E-state index contributed by atoms with van der Waals surface area (Å²) >= 11 is 12.0. The van der Waals surface area contributed by atoms with Crippen molar-refractivity contribution in [1.29, 1.82) is 0 Å². The number of aliphatic imine (C=N–C) groups is 1. The van der Waals surface area contributed by atoms with Crippen molar-refractivity contribution in [1.82, 2.24) is 9.88 Å². The molecule has 1 aromatic heterocycles. The molecule has 1 saturated carbocycles. The summed E-state index contributed by atoms with van der Waals surface area (Å²) in [6.45, 7) is 0.481. The Kier molecular flexibility index (Phi) is 4.99. The summed E-state index contributed by atoms with van der Waals surface area (Å²) in [5.41, 5.74) is 6.86. The quantitative estimate of drug-likeness (QED) is 0.666. The van der Waals surface area contributed by atoms with Crippen molar-refractivity contribution in [3.63, 3.8) is 0 Å². The predicted molar refractivity (Wildman–Crippen MR) is 80.8 cm³/mol. The maximum atomic E-state index is 6.00. The topological polar surface area (TPSA) is 55.3 Å². The first-order valence-electron chi connectivity index (χ1n) is 6.64.